The van der Waals surface area contributed by atoms with Gasteiger partial charge >= 0.3 is 0 Å². The fraction of sp³-hybridized carbons (Fsp3) is 0.267. The molecule has 0 bridgehead atoms. The number of hydrogen-bond acceptors (Lipinski definition) is 2. The van der Waals surface area contributed by atoms with Gasteiger partial charge in [-0.25, -0.2) is 0 Å². The number of fused-ring (bicyclic) bond motifs is 2. The topological polar surface area (TPSA) is 26.3 Å². The SMILES string of the molecule is C=C1C(=O)C2=C(O[C@H](C)[C@@H]2C)c2ccccc21. The van der Waals surface area contributed by atoms with Crippen LogP contribution >= 0.6 is 0 Å². The highest BCUT2D eigenvalue weighted by Crippen LogP contribution is 2.44. The number of ketones is 1. The third-order valence-corrected chi connectivity index (χ3v) is 3.72. The van der Waals surface area contributed by atoms with Crippen molar-refractivity contribution in [2.24, 2.45) is 5.92 Å². The van der Waals surface area contributed by atoms with Crippen LogP contribution in [0.1, 0.15) is 25.0 Å². The van der Waals surface area contributed by atoms with Crippen LogP contribution in [0, 0.1) is 5.92 Å². The van der Waals surface area contributed by atoms with E-state index < -0.39 is 0 Å². The summed E-state index contributed by atoms with van der Waals surface area (Å²) in [5.74, 6) is 0.941. The molecule has 1 aliphatic heterocycles. The number of Topliss-reactive ketones (excluding diaryl/α,β-unsaturated/α-hetero) is 1. The van der Waals surface area contributed by atoms with Gasteiger partial charge < -0.3 is 4.74 Å². The van der Waals surface area contributed by atoms with Gasteiger partial charge in [-0.05, 0) is 12.5 Å². The molecule has 3 rings (SSSR count). The summed E-state index contributed by atoms with van der Waals surface area (Å²) in [6.07, 6.45) is 0.0582. The zero-order valence-corrected chi connectivity index (χ0v) is 9.99. The first-order chi connectivity index (χ1) is 8.11. The molecule has 0 unspecified atom stereocenters. The van der Waals surface area contributed by atoms with Crippen molar-refractivity contribution in [1.29, 1.82) is 0 Å². The van der Waals surface area contributed by atoms with Crippen LogP contribution in [0.25, 0.3) is 11.3 Å². The molecule has 1 aromatic rings. The maximum Gasteiger partial charge on any atom is 0.193 e. The monoisotopic (exact) mass is 226 g/mol. The van der Waals surface area contributed by atoms with E-state index in [9.17, 15) is 4.79 Å². The summed E-state index contributed by atoms with van der Waals surface area (Å²) in [5, 5.41) is 0. The summed E-state index contributed by atoms with van der Waals surface area (Å²) in [6, 6.07) is 7.80. The van der Waals surface area contributed by atoms with Gasteiger partial charge in [0, 0.05) is 22.6 Å². The molecule has 0 radical (unpaired) electrons. The molecule has 1 heterocycles. The molecule has 2 aliphatic rings. The Bertz CT molecular complexity index is 566. The Kier molecular flexibility index (Phi) is 2.02. The first-order valence-corrected chi connectivity index (χ1v) is 5.85. The summed E-state index contributed by atoms with van der Waals surface area (Å²) < 4.78 is 5.84. The molecule has 0 aromatic heterocycles. The maximum atomic E-state index is 12.3. The normalized spacial score (nSPS) is 26.7. The molecule has 2 nitrogen and oxygen atoms in total. The zero-order chi connectivity index (χ0) is 12.2. The summed E-state index contributed by atoms with van der Waals surface area (Å²) in [5.41, 5.74) is 3.28. The van der Waals surface area contributed by atoms with E-state index in [-0.39, 0.29) is 17.8 Å². The van der Waals surface area contributed by atoms with Gasteiger partial charge in [-0.2, -0.15) is 0 Å². The lowest BCUT2D eigenvalue weighted by Crippen LogP contribution is -2.17. The third-order valence-electron chi connectivity index (χ3n) is 3.72. The average molecular weight is 226 g/mol. The van der Waals surface area contributed by atoms with Crippen LogP contribution in [0.2, 0.25) is 0 Å². The number of benzene rings is 1. The van der Waals surface area contributed by atoms with Gasteiger partial charge in [0.25, 0.3) is 0 Å². The molecule has 2 atom stereocenters. The van der Waals surface area contributed by atoms with Crippen molar-refractivity contribution in [3.63, 3.8) is 0 Å². The quantitative estimate of drug-likeness (QED) is 0.635. The average Bonchev–Trinajstić information content (AvgIpc) is 2.63. The standard InChI is InChI=1S/C15H14O2/c1-8-10(3)17-15-12-7-5-4-6-11(12)9(2)14(16)13(8)15/h4-8,10H,2H2,1,3H3/t8-,10+/m0/s1. The number of hydrogen-bond donors (Lipinski definition) is 0. The van der Waals surface area contributed by atoms with Crippen molar-refractivity contribution in [1.82, 2.24) is 0 Å². The van der Waals surface area contributed by atoms with E-state index in [1.165, 1.54) is 0 Å². The second-order valence-corrected chi connectivity index (χ2v) is 4.71. The summed E-state index contributed by atoms with van der Waals surface area (Å²) >= 11 is 0. The Hall–Kier alpha value is -1.83. The zero-order valence-electron chi connectivity index (χ0n) is 9.99. The van der Waals surface area contributed by atoms with E-state index in [0.717, 1.165) is 22.5 Å². The molecule has 1 aromatic carbocycles. The molecule has 0 spiro atoms. The Labute approximate surface area is 101 Å². The Morgan fingerprint density at radius 2 is 1.82 bits per heavy atom. The van der Waals surface area contributed by atoms with Gasteiger partial charge in [-0.3, -0.25) is 4.79 Å². The van der Waals surface area contributed by atoms with Gasteiger partial charge in [0.05, 0.1) is 0 Å². The van der Waals surface area contributed by atoms with Crippen molar-refractivity contribution in [3.8, 4) is 0 Å². The summed E-state index contributed by atoms with van der Waals surface area (Å²) in [7, 11) is 0. The predicted molar refractivity (Wildman–Crippen MR) is 67.1 cm³/mol. The van der Waals surface area contributed by atoms with Crippen LogP contribution in [0.15, 0.2) is 36.4 Å². The highest BCUT2D eigenvalue weighted by molar-refractivity contribution is 6.33. The van der Waals surface area contributed by atoms with Crippen LogP contribution in [0.5, 0.6) is 0 Å². The molecule has 17 heavy (non-hydrogen) atoms. The van der Waals surface area contributed by atoms with E-state index in [1.807, 2.05) is 38.1 Å². The molecule has 0 saturated carbocycles. The largest absolute Gasteiger partial charge is 0.489 e. The van der Waals surface area contributed by atoms with Gasteiger partial charge in [0.1, 0.15) is 11.9 Å². The van der Waals surface area contributed by atoms with Crippen molar-refractivity contribution < 1.29 is 9.53 Å². The molecule has 2 heteroatoms. The number of rotatable bonds is 0. The second-order valence-electron chi connectivity index (χ2n) is 4.71. The first kappa shape index (κ1) is 10.3. The third kappa shape index (κ3) is 1.24. The van der Waals surface area contributed by atoms with Crippen LogP contribution in [0.3, 0.4) is 0 Å². The molecule has 0 amide bonds. The van der Waals surface area contributed by atoms with Crippen LogP contribution in [-0.4, -0.2) is 11.9 Å². The van der Waals surface area contributed by atoms with E-state index in [2.05, 4.69) is 6.58 Å². The van der Waals surface area contributed by atoms with Gasteiger partial charge in [-0.15, -0.1) is 0 Å². The molecule has 0 fully saturated rings. The fourth-order valence-corrected chi connectivity index (χ4v) is 2.54. The minimum absolute atomic E-state index is 0.0375. The van der Waals surface area contributed by atoms with E-state index >= 15 is 0 Å². The number of carbonyl (C=O) groups excluding carboxylic acids is 1. The van der Waals surface area contributed by atoms with Crippen LogP contribution < -0.4 is 0 Å². The second kappa shape index (κ2) is 3.33. The summed E-state index contributed by atoms with van der Waals surface area (Å²) in [6.45, 7) is 7.95. The minimum Gasteiger partial charge on any atom is -0.489 e. The maximum absolute atomic E-state index is 12.3. The van der Waals surface area contributed by atoms with Crippen LogP contribution in [0.4, 0.5) is 0 Å². The van der Waals surface area contributed by atoms with Gasteiger partial charge in [0.2, 0.25) is 0 Å². The van der Waals surface area contributed by atoms with Gasteiger partial charge in [-0.1, -0.05) is 37.8 Å². The van der Waals surface area contributed by atoms with Crippen molar-refractivity contribution in [3.05, 3.63) is 47.5 Å². The fourth-order valence-electron chi connectivity index (χ4n) is 2.54. The van der Waals surface area contributed by atoms with E-state index in [1.54, 1.807) is 0 Å². The molecule has 86 valence electrons. The Morgan fingerprint density at radius 1 is 1.18 bits per heavy atom. The molecular weight excluding hydrogens is 212 g/mol. The predicted octanol–water partition coefficient (Wildman–Crippen LogP) is 3.05. The molecule has 1 aliphatic carbocycles. The highest BCUT2D eigenvalue weighted by Gasteiger charge is 2.40. The van der Waals surface area contributed by atoms with Crippen molar-refractivity contribution in [2.75, 3.05) is 0 Å². The molecular formula is C15H14O2. The van der Waals surface area contributed by atoms with E-state index in [0.29, 0.717) is 5.57 Å². The smallest absolute Gasteiger partial charge is 0.193 e. The molecule has 0 saturated heterocycles. The van der Waals surface area contributed by atoms with Crippen molar-refractivity contribution >= 4 is 17.1 Å². The number of carbonyl (C=O) groups is 1. The summed E-state index contributed by atoms with van der Waals surface area (Å²) in [4.78, 5) is 12.3. The minimum atomic E-state index is 0.0375. The van der Waals surface area contributed by atoms with E-state index in [4.69, 9.17) is 4.74 Å². The van der Waals surface area contributed by atoms with Crippen LogP contribution in [-0.2, 0) is 9.53 Å². The Balaban J connectivity index is 2.28. The first-order valence-electron chi connectivity index (χ1n) is 5.85. The lowest BCUT2D eigenvalue weighted by Gasteiger charge is -2.19. The van der Waals surface area contributed by atoms with Gasteiger partial charge in [0.15, 0.2) is 5.78 Å². The lowest BCUT2D eigenvalue weighted by molar-refractivity contribution is -0.110. The highest BCUT2D eigenvalue weighted by atomic mass is 16.5. The molecule has 0 N–H and O–H groups in total. The number of allylic oxidation sites excluding steroid dienone is 1. The van der Waals surface area contributed by atoms with Crippen molar-refractivity contribution in [2.45, 2.75) is 20.0 Å². The lowest BCUT2D eigenvalue weighted by atomic mass is 9.82. The Morgan fingerprint density at radius 3 is 2.53 bits per heavy atom. The number of ether oxygens (including phenoxy) is 1.